The van der Waals surface area contributed by atoms with Gasteiger partial charge in [0.25, 0.3) is 0 Å². The molecule has 18 heavy (non-hydrogen) atoms. The van der Waals surface area contributed by atoms with Crippen molar-refractivity contribution in [3.8, 4) is 0 Å². The molecule has 0 fully saturated rings. The summed E-state index contributed by atoms with van der Waals surface area (Å²) in [7, 11) is 2.05. The van der Waals surface area contributed by atoms with E-state index < -0.39 is 0 Å². The van der Waals surface area contributed by atoms with E-state index in [1.807, 2.05) is 13.1 Å². The molecule has 3 N–H and O–H groups in total. The number of nitrogens with one attached hydrogen (secondary N) is 1. The Balaban J connectivity index is 2.67. The van der Waals surface area contributed by atoms with Crippen LogP contribution in [0.25, 0.3) is 0 Å². The Morgan fingerprint density at radius 2 is 2.17 bits per heavy atom. The third-order valence-electron chi connectivity index (χ3n) is 3.07. The monoisotopic (exact) mass is 253 g/mol. The summed E-state index contributed by atoms with van der Waals surface area (Å²) in [6.07, 6.45) is 2.63. The molecule has 0 saturated carbocycles. The van der Waals surface area contributed by atoms with E-state index in [0.717, 1.165) is 12.0 Å². The van der Waals surface area contributed by atoms with Crippen molar-refractivity contribution < 1.29 is 9.21 Å². The zero-order valence-electron chi connectivity index (χ0n) is 11.6. The van der Waals surface area contributed by atoms with Gasteiger partial charge in [0, 0.05) is 18.2 Å². The summed E-state index contributed by atoms with van der Waals surface area (Å²) in [5, 5.41) is 0. The topological polar surface area (TPSA) is 71.5 Å². The Labute approximate surface area is 108 Å². The summed E-state index contributed by atoms with van der Waals surface area (Å²) in [5.41, 5.74) is 2.95. The summed E-state index contributed by atoms with van der Waals surface area (Å²) >= 11 is 0. The highest BCUT2D eigenvalue weighted by Crippen LogP contribution is 2.16. The lowest BCUT2D eigenvalue weighted by Gasteiger charge is -2.25. The van der Waals surface area contributed by atoms with Crippen molar-refractivity contribution in [3.05, 3.63) is 23.7 Å². The molecular weight excluding hydrogens is 230 g/mol. The molecule has 0 bridgehead atoms. The molecule has 0 aliphatic rings. The van der Waals surface area contributed by atoms with Gasteiger partial charge in [0.05, 0.1) is 6.26 Å². The third kappa shape index (κ3) is 3.85. The lowest BCUT2D eigenvalue weighted by atomic mass is 10.0. The molecule has 0 aromatic carbocycles. The second-order valence-corrected chi connectivity index (χ2v) is 5.14. The Morgan fingerprint density at radius 3 is 2.72 bits per heavy atom. The van der Waals surface area contributed by atoms with E-state index in [1.165, 1.54) is 6.26 Å². The van der Waals surface area contributed by atoms with Crippen molar-refractivity contribution in [1.82, 2.24) is 10.3 Å². The summed E-state index contributed by atoms with van der Waals surface area (Å²) in [6.45, 7) is 7.26. The summed E-state index contributed by atoms with van der Waals surface area (Å²) in [5.74, 6) is 5.67. The first-order valence-corrected chi connectivity index (χ1v) is 6.23. The van der Waals surface area contributed by atoms with Gasteiger partial charge in [-0.1, -0.05) is 13.8 Å². The number of carbonyl (C=O) groups is 1. The smallest absolute Gasteiger partial charge is 0.301 e. The van der Waals surface area contributed by atoms with E-state index in [0.29, 0.717) is 24.3 Å². The van der Waals surface area contributed by atoms with Crippen molar-refractivity contribution in [2.24, 2.45) is 11.8 Å². The number of amides is 1. The standard InChI is InChI=1S/C13H23N3O2/c1-9(2)7-10(3)16(4)8-11-5-6-18-12(11)13(17)15-14/h5-6,9-10H,7-8,14H2,1-4H3,(H,15,17). The van der Waals surface area contributed by atoms with Crippen LogP contribution in [0.3, 0.4) is 0 Å². The number of hydrazine groups is 1. The number of furan rings is 1. The van der Waals surface area contributed by atoms with Crippen molar-refractivity contribution >= 4 is 5.91 Å². The van der Waals surface area contributed by atoms with Gasteiger partial charge >= 0.3 is 5.91 Å². The van der Waals surface area contributed by atoms with Gasteiger partial charge in [-0.15, -0.1) is 0 Å². The predicted octanol–water partition coefficient (Wildman–Crippen LogP) is 1.75. The van der Waals surface area contributed by atoms with Gasteiger partial charge in [0.15, 0.2) is 5.76 Å². The Kier molecular flexibility index (Phi) is 5.37. The minimum absolute atomic E-state index is 0.293. The van der Waals surface area contributed by atoms with Crippen molar-refractivity contribution in [3.63, 3.8) is 0 Å². The lowest BCUT2D eigenvalue weighted by Crippen LogP contribution is -2.33. The molecule has 0 spiro atoms. The maximum absolute atomic E-state index is 11.5. The molecule has 1 aromatic heterocycles. The van der Waals surface area contributed by atoms with E-state index in [-0.39, 0.29) is 5.91 Å². The second-order valence-electron chi connectivity index (χ2n) is 5.14. The van der Waals surface area contributed by atoms with Crippen LogP contribution in [0.5, 0.6) is 0 Å². The van der Waals surface area contributed by atoms with Crippen LogP contribution in [0, 0.1) is 5.92 Å². The van der Waals surface area contributed by atoms with E-state index in [1.54, 1.807) is 0 Å². The molecule has 1 amide bonds. The number of nitrogens with zero attached hydrogens (tertiary/aromatic N) is 1. The van der Waals surface area contributed by atoms with Crippen LogP contribution in [0.2, 0.25) is 0 Å². The number of rotatable bonds is 6. The van der Waals surface area contributed by atoms with E-state index in [9.17, 15) is 4.79 Å². The van der Waals surface area contributed by atoms with Gasteiger partial charge in [-0.25, -0.2) is 5.84 Å². The van der Waals surface area contributed by atoms with Crippen LogP contribution < -0.4 is 11.3 Å². The average Bonchev–Trinajstić information content (AvgIpc) is 2.75. The van der Waals surface area contributed by atoms with E-state index in [2.05, 4.69) is 31.1 Å². The Morgan fingerprint density at radius 1 is 1.50 bits per heavy atom. The van der Waals surface area contributed by atoms with Gasteiger partial charge in [0.2, 0.25) is 0 Å². The fourth-order valence-corrected chi connectivity index (χ4v) is 2.01. The molecule has 1 atom stereocenters. The van der Waals surface area contributed by atoms with Crippen molar-refractivity contribution in [1.29, 1.82) is 0 Å². The summed E-state index contributed by atoms with van der Waals surface area (Å²) in [4.78, 5) is 13.7. The molecule has 1 aromatic rings. The van der Waals surface area contributed by atoms with Crippen LogP contribution in [0.15, 0.2) is 16.7 Å². The maximum atomic E-state index is 11.5. The number of nitrogen functional groups attached to an aromatic ring is 1. The minimum Gasteiger partial charge on any atom is -0.459 e. The largest absolute Gasteiger partial charge is 0.459 e. The van der Waals surface area contributed by atoms with Crippen molar-refractivity contribution in [2.75, 3.05) is 7.05 Å². The molecule has 5 heteroatoms. The average molecular weight is 253 g/mol. The van der Waals surface area contributed by atoms with Crippen LogP contribution in [0.1, 0.15) is 43.3 Å². The van der Waals surface area contributed by atoms with Gasteiger partial charge in [0.1, 0.15) is 0 Å². The highest BCUT2D eigenvalue weighted by molar-refractivity contribution is 5.92. The zero-order chi connectivity index (χ0) is 13.7. The quantitative estimate of drug-likeness (QED) is 0.460. The van der Waals surface area contributed by atoms with Crippen molar-refractivity contribution in [2.45, 2.75) is 39.8 Å². The zero-order valence-corrected chi connectivity index (χ0v) is 11.6. The van der Waals surface area contributed by atoms with Gasteiger partial charge in [-0.05, 0) is 32.4 Å². The number of nitrogens with two attached hydrogens (primary N) is 1. The normalized spacial score (nSPS) is 13.1. The molecule has 0 aliphatic heterocycles. The molecule has 5 nitrogen and oxygen atoms in total. The van der Waals surface area contributed by atoms with Crippen LogP contribution >= 0.6 is 0 Å². The number of hydrogen-bond acceptors (Lipinski definition) is 4. The highest BCUT2D eigenvalue weighted by atomic mass is 16.3. The maximum Gasteiger partial charge on any atom is 0.301 e. The minimum atomic E-state index is -0.389. The molecule has 1 rings (SSSR count). The summed E-state index contributed by atoms with van der Waals surface area (Å²) in [6, 6.07) is 2.26. The predicted molar refractivity (Wildman–Crippen MR) is 70.7 cm³/mol. The molecule has 1 heterocycles. The van der Waals surface area contributed by atoms with Crippen LogP contribution in [0.4, 0.5) is 0 Å². The van der Waals surface area contributed by atoms with Gasteiger partial charge in [-0.2, -0.15) is 0 Å². The first kappa shape index (κ1) is 14.7. The fourth-order valence-electron chi connectivity index (χ4n) is 2.01. The first-order valence-electron chi connectivity index (χ1n) is 6.23. The van der Waals surface area contributed by atoms with Crippen LogP contribution in [-0.4, -0.2) is 23.9 Å². The molecular formula is C13H23N3O2. The SMILES string of the molecule is CC(C)CC(C)N(C)Cc1ccoc1C(=O)NN. The fraction of sp³-hybridized carbons (Fsp3) is 0.615. The second kappa shape index (κ2) is 6.56. The van der Waals surface area contributed by atoms with E-state index in [4.69, 9.17) is 10.3 Å². The molecule has 0 saturated heterocycles. The third-order valence-corrected chi connectivity index (χ3v) is 3.07. The Hall–Kier alpha value is -1.33. The van der Waals surface area contributed by atoms with Gasteiger partial charge in [-0.3, -0.25) is 15.1 Å². The molecule has 0 radical (unpaired) electrons. The molecule has 1 unspecified atom stereocenters. The molecule has 0 aliphatic carbocycles. The summed E-state index contributed by atoms with van der Waals surface area (Å²) < 4.78 is 5.16. The number of hydrogen-bond donors (Lipinski definition) is 2. The first-order chi connectivity index (χ1) is 8.45. The Bertz CT molecular complexity index is 387. The van der Waals surface area contributed by atoms with Crippen LogP contribution in [-0.2, 0) is 6.54 Å². The highest BCUT2D eigenvalue weighted by Gasteiger charge is 2.18. The van der Waals surface area contributed by atoms with E-state index >= 15 is 0 Å². The van der Waals surface area contributed by atoms with Gasteiger partial charge < -0.3 is 4.42 Å². The molecule has 102 valence electrons. The number of carbonyl (C=O) groups excluding carboxylic acids is 1. The lowest BCUT2D eigenvalue weighted by molar-refractivity contribution is 0.0922.